The molecule has 0 aliphatic rings. The first-order valence-corrected chi connectivity index (χ1v) is 7.96. The number of benzene rings is 3. The molecule has 0 fully saturated rings. The fourth-order valence-corrected chi connectivity index (χ4v) is 2.63. The molecule has 0 aliphatic carbocycles. The van der Waals surface area contributed by atoms with Gasteiger partial charge in [-0.15, -0.1) is 0 Å². The van der Waals surface area contributed by atoms with Gasteiger partial charge in [0.25, 0.3) is 5.91 Å². The first-order valence-electron chi connectivity index (χ1n) is 7.96. The van der Waals surface area contributed by atoms with E-state index in [1.165, 1.54) is 0 Å². The van der Waals surface area contributed by atoms with Crippen molar-refractivity contribution in [3.63, 3.8) is 0 Å². The molecule has 0 bridgehead atoms. The number of para-hydroxylation sites is 1. The molecule has 3 rings (SSSR count). The quantitative estimate of drug-likeness (QED) is 0.741. The number of carbonyl (C=O) groups excluding carboxylic acids is 1. The monoisotopic (exact) mass is 333 g/mol. The highest BCUT2D eigenvalue weighted by Gasteiger charge is 2.18. The van der Waals surface area contributed by atoms with Gasteiger partial charge >= 0.3 is 0 Å². The Balaban J connectivity index is 1.88. The van der Waals surface area contributed by atoms with Crippen molar-refractivity contribution in [3.05, 3.63) is 95.6 Å². The molecule has 4 nitrogen and oxygen atoms in total. The van der Waals surface area contributed by atoms with Crippen molar-refractivity contribution in [1.29, 1.82) is 0 Å². The Labute approximate surface area is 146 Å². The number of hydrogen-bond donors (Lipinski definition) is 2. The van der Waals surface area contributed by atoms with Crippen LogP contribution in [0.4, 0.5) is 5.69 Å². The van der Waals surface area contributed by atoms with Crippen molar-refractivity contribution in [2.24, 2.45) is 0 Å². The van der Waals surface area contributed by atoms with E-state index in [1.807, 2.05) is 30.3 Å². The number of nitrogens with one attached hydrogen (secondary N) is 1. The van der Waals surface area contributed by atoms with Crippen molar-refractivity contribution in [1.82, 2.24) is 0 Å². The molecule has 0 saturated carbocycles. The molecule has 4 heteroatoms. The molecule has 3 aromatic carbocycles. The van der Waals surface area contributed by atoms with Crippen molar-refractivity contribution in [3.8, 4) is 5.75 Å². The van der Waals surface area contributed by atoms with Crippen LogP contribution in [0.5, 0.6) is 5.75 Å². The summed E-state index contributed by atoms with van der Waals surface area (Å²) in [4.78, 5) is 12.6. The summed E-state index contributed by atoms with van der Waals surface area (Å²) in [5, 5.41) is 13.6. The molecule has 3 aromatic rings. The van der Waals surface area contributed by atoms with Gasteiger partial charge in [-0.2, -0.15) is 0 Å². The van der Waals surface area contributed by atoms with Crippen LogP contribution in [0.2, 0.25) is 0 Å². The van der Waals surface area contributed by atoms with Gasteiger partial charge in [-0.1, -0.05) is 48.5 Å². The number of carbonyl (C=O) groups is 1. The number of amides is 1. The van der Waals surface area contributed by atoms with Gasteiger partial charge in [-0.3, -0.25) is 4.79 Å². The highest BCUT2D eigenvalue weighted by atomic mass is 16.5. The zero-order chi connectivity index (χ0) is 17.6. The Kier molecular flexibility index (Phi) is 5.11. The van der Waals surface area contributed by atoms with Crippen LogP contribution in [-0.2, 0) is 0 Å². The summed E-state index contributed by atoms with van der Waals surface area (Å²) < 4.78 is 5.14. The number of aliphatic hydroxyl groups excluding tert-OH is 1. The van der Waals surface area contributed by atoms with Crippen molar-refractivity contribution >= 4 is 11.6 Å². The molecular weight excluding hydrogens is 314 g/mol. The molecule has 0 spiro atoms. The van der Waals surface area contributed by atoms with Crippen LogP contribution in [0.25, 0.3) is 0 Å². The Morgan fingerprint density at radius 1 is 0.920 bits per heavy atom. The third-order valence-electron chi connectivity index (χ3n) is 3.96. The lowest BCUT2D eigenvalue weighted by Crippen LogP contribution is -2.16. The van der Waals surface area contributed by atoms with E-state index in [9.17, 15) is 9.90 Å². The minimum Gasteiger partial charge on any atom is -0.497 e. The second-order valence-corrected chi connectivity index (χ2v) is 5.58. The zero-order valence-corrected chi connectivity index (χ0v) is 13.8. The van der Waals surface area contributed by atoms with Crippen molar-refractivity contribution < 1.29 is 14.6 Å². The maximum atomic E-state index is 12.6. The molecule has 126 valence electrons. The van der Waals surface area contributed by atoms with Crippen molar-refractivity contribution in [2.75, 3.05) is 12.4 Å². The average Bonchev–Trinajstić information content (AvgIpc) is 2.68. The summed E-state index contributed by atoms with van der Waals surface area (Å²) in [6, 6.07) is 23.4. The lowest BCUT2D eigenvalue weighted by atomic mass is 9.96. The predicted molar refractivity (Wildman–Crippen MR) is 97.9 cm³/mol. The van der Waals surface area contributed by atoms with Crippen LogP contribution in [0.3, 0.4) is 0 Å². The normalized spacial score (nSPS) is 11.6. The average molecular weight is 333 g/mol. The Hall–Kier alpha value is -3.11. The Morgan fingerprint density at radius 2 is 1.56 bits per heavy atom. The van der Waals surface area contributed by atoms with E-state index in [1.54, 1.807) is 55.6 Å². The van der Waals surface area contributed by atoms with Gasteiger partial charge in [-0.25, -0.2) is 0 Å². The highest BCUT2D eigenvalue weighted by Crippen LogP contribution is 2.27. The molecule has 2 N–H and O–H groups in total. The number of aliphatic hydroxyl groups is 1. The summed E-state index contributed by atoms with van der Waals surface area (Å²) in [6.07, 6.45) is -0.899. The minimum atomic E-state index is -0.899. The summed E-state index contributed by atoms with van der Waals surface area (Å²) in [7, 11) is 1.59. The molecule has 25 heavy (non-hydrogen) atoms. The standard InChI is InChI=1S/C21H19NO3/c1-25-17-13-11-15(12-14-17)20(23)18-9-5-6-10-19(18)21(24)22-16-7-3-2-4-8-16/h2-14,20,23H,1H3,(H,22,24)/t20-/m0/s1. The second-order valence-electron chi connectivity index (χ2n) is 5.58. The summed E-state index contributed by atoms with van der Waals surface area (Å²) >= 11 is 0. The third-order valence-corrected chi connectivity index (χ3v) is 3.96. The number of anilines is 1. The largest absolute Gasteiger partial charge is 0.497 e. The van der Waals surface area contributed by atoms with Crippen LogP contribution in [-0.4, -0.2) is 18.1 Å². The van der Waals surface area contributed by atoms with Crippen LogP contribution < -0.4 is 10.1 Å². The smallest absolute Gasteiger partial charge is 0.256 e. The van der Waals surface area contributed by atoms with E-state index in [-0.39, 0.29) is 5.91 Å². The van der Waals surface area contributed by atoms with E-state index in [4.69, 9.17) is 4.74 Å². The maximum absolute atomic E-state index is 12.6. The van der Waals surface area contributed by atoms with Gasteiger partial charge in [0.05, 0.1) is 7.11 Å². The lowest BCUT2D eigenvalue weighted by molar-refractivity contribution is 0.102. The molecule has 0 saturated heterocycles. The van der Waals surface area contributed by atoms with Crippen LogP contribution in [0, 0.1) is 0 Å². The van der Waals surface area contributed by atoms with Gasteiger partial charge in [-0.05, 0) is 41.5 Å². The molecule has 0 aliphatic heterocycles. The van der Waals surface area contributed by atoms with E-state index in [2.05, 4.69) is 5.32 Å². The number of ether oxygens (including phenoxy) is 1. The number of methoxy groups -OCH3 is 1. The highest BCUT2D eigenvalue weighted by molar-refractivity contribution is 6.05. The van der Waals surface area contributed by atoms with E-state index < -0.39 is 6.10 Å². The fraction of sp³-hybridized carbons (Fsp3) is 0.0952. The zero-order valence-electron chi connectivity index (χ0n) is 13.8. The first kappa shape index (κ1) is 16.7. The molecular formula is C21H19NO3. The molecule has 0 aromatic heterocycles. The number of rotatable bonds is 5. The van der Waals surface area contributed by atoms with Gasteiger partial charge in [0.15, 0.2) is 0 Å². The van der Waals surface area contributed by atoms with Crippen LogP contribution in [0.15, 0.2) is 78.9 Å². The third kappa shape index (κ3) is 3.87. The SMILES string of the molecule is COc1ccc([C@H](O)c2ccccc2C(=O)Nc2ccccc2)cc1. The van der Waals surface area contributed by atoms with Gasteiger partial charge in [0, 0.05) is 11.3 Å². The van der Waals surface area contributed by atoms with E-state index in [0.717, 1.165) is 0 Å². The first-order chi connectivity index (χ1) is 12.2. The van der Waals surface area contributed by atoms with Gasteiger partial charge < -0.3 is 15.2 Å². The van der Waals surface area contributed by atoms with E-state index in [0.29, 0.717) is 28.1 Å². The summed E-state index contributed by atoms with van der Waals surface area (Å²) in [5.41, 5.74) is 2.40. The van der Waals surface area contributed by atoms with Crippen LogP contribution in [0.1, 0.15) is 27.6 Å². The Morgan fingerprint density at radius 3 is 2.24 bits per heavy atom. The molecule has 0 heterocycles. The van der Waals surface area contributed by atoms with Crippen LogP contribution >= 0.6 is 0 Å². The topological polar surface area (TPSA) is 58.6 Å². The maximum Gasteiger partial charge on any atom is 0.256 e. The summed E-state index contributed by atoms with van der Waals surface area (Å²) in [6.45, 7) is 0. The molecule has 0 unspecified atom stereocenters. The predicted octanol–water partition coefficient (Wildman–Crippen LogP) is 4.03. The molecule has 1 amide bonds. The fourth-order valence-electron chi connectivity index (χ4n) is 2.63. The van der Waals surface area contributed by atoms with Crippen molar-refractivity contribution in [2.45, 2.75) is 6.10 Å². The lowest BCUT2D eigenvalue weighted by Gasteiger charge is -2.16. The Bertz CT molecular complexity index is 845. The molecule has 0 radical (unpaired) electrons. The van der Waals surface area contributed by atoms with Gasteiger partial charge in [0.1, 0.15) is 11.9 Å². The van der Waals surface area contributed by atoms with Gasteiger partial charge in [0.2, 0.25) is 0 Å². The summed E-state index contributed by atoms with van der Waals surface area (Å²) in [5.74, 6) is 0.459. The molecule has 1 atom stereocenters. The second kappa shape index (κ2) is 7.64. The number of hydrogen-bond acceptors (Lipinski definition) is 3. The minimum absolute atomic E-state index is 0.255. The van der Waals surface area contributed by atoms with E-state index >= 15 is 0 Å².